The van der Waals surface area contributed by atoms with Gasteiger partial charge < -0.3 is 9.80 Å². The van der Waals surface area contributed by atoms with Crippen LogP contribution in [0.15, 0.2) is 35.4 Å². The number of benzene rings is 1. The highest BCUT2D eigenvalue weighted by Gasteiger charge is 2.42. The summed E-state index contributed by atoms with van der Waals surface area (Å²) in [6.07, 6.45) is 3.79. The van der Waals surface area contributed by atoms with Crippen LogP contribution in [0.2, 0.25) is 0 Å². The third-order valence-electron chi connectivity index (χ3n) is 6.17. The molecule has 142 valence electrons. The summed E-state index contributed by atoms with van der Waals surface area (Å²) in [7, 11) is 3.65. The molecular weight excluding hydrogens is 344 g/mol. The predicted molar refractivity (Wildman–Crippen MR) is 101 cm³/mol. The lowest BCUT2D eigenvalue weighted by Crippen LogP contribution is -2.40. The van der Waals surface area contributed by atoms with Crippen LogP contribution in [0.1, 0.15) is 19.3 Å². The van der Waals surface area contributed by atoms with Crippen molar-refractivity contribution < 1.29 is 9.59 Å². The lowest BCUT2D eigenvalue weighted by molar-refractivity contribution is -0.135. The molecular formula is C20H24N4O3. The van der Waals surface area contributed by atoms with E-state index in [1.165, 1.54) is 10.9 Å². The summed E-state index contributed by atoms with van der Waals surface area (Å²) in [6.45, 7) is 0.758. The maximum atomic E-state index is 12.8. The molecule has 7 nitrogen and oxygen atoms in total. The van der Waals surface area contributed by atoms with E-state index in [9.17, 15) is 14.4 Å². The number of likely N-dealkylation sites (N-methyl/N-ethyl adjacent to an activating group) is 1. The summed E-state index contributed by atoms with van der Waals surface area (Å²) < 4.78 is 1.38. The van der Waals surface area contributed by atoms with E-state index in [4.69, 9.17) is 0 Å². The molecule has 2 fully saturated rings. The quantitative estimate of drug-likeness (QED) is 0.813. The Morgan fingerprint density at radius 1 is 1.22 bits per heavy atom. The fourth-order valence-corrected chi connectivity index (χ4v) is 4.48. The Hall–Kier alpha value is -2.70. The molecule has 0 bridgehead atoms. The maximum absolute atomic E-state index is 12.8. The topological polar surface area (TPSA) is 75.5 Å². The minimum Gasteiger partial charge on any atom is -0.345 e. The normalized spacial score (nSPS) is 24.9. The van der Waals surface area contributed by atoms with Crippen LogP contribution in [0.25, 0.3) is 10.9 Å². The van der Waals surface area contributed by atoms with Crippen molar-refractivity contribution in [2.75, 3.05) is 20.6 Å². The Morgan fingerprint density at radius 3 is 2.78 bits per heavy atom. The van der Waals surface area contributed by atoms with Gasteiger partial charge in [-0.3, -0.25) is 19.0 Å². The SMILES string of the molecule is CN1C[C@@H]2C[C@H](N(C)C(=O)Cn3cnc4ccccc4c3=O)C[C@@H]2CC1=O. The van der Waals surface area contributed by atoms with Gasteiger partial charge in [0.25, 0.3) is 5.56 Å². The van der Waals surface area contributed by atoms with Gasteiger partial charge >= 0.3 is 0 Å². The van der Waals surface area contributed by atoms with Gasteiger partial charge in [0, 0.05) is 33.1 Å². The number of rotatable bonds is 3. The van der Waals surface area contributed by atoms with E-state index < -0.39 is 0 Å². The van der Waals surface area contributed by atoms with E-state index in [2.05, 4.69) is 4.98 Å². The number of carbonyl (C=O) groups is 2. The monoisotopic (exact) mass is 368 g/mol. The number of nitrogens with zero attached hydrogens (tertiary/aromatic N) is 4. The summed E-state index contributed by atoms with van der Waals surface area (Å²) in [5.74, 6) is 0.911. The fourth-order valence-electron chi connectivity index (χ4n) is 4.48. The highest BCUT2D eigenvalue weighted by Crippen LogP contribution is 2.40. The molecule has 0 spiro atoms. The number of hydrogen-bond acceptors (Lipinski definition) is 4. The highest BCUT2D eigenvalue weighted by atomic mass is 16.2. The van der Waals surface area contributed by atoms with Gasteiger partial charge in [0.1, 0.15) is 6.54 Å². The Bertz CT molecular complexity index is 954. The van der Waals surface area contributed by atoms with Crippen molar-refractivity contribution in [3.05, 3.63) is 40.9 Å². The minimum atomic E-state index is -0.199. The zero-order chi connectivity index (χ0) is 19.1. The second-order valence-corrected chi connectivity index (χ2v) is 7.82. The number of hydrogen-bond donors (Lipinski definition) is 0. The lowest BCUT2D eigenvalue weighted by Gasteiger charge is -2.31. The number of para-hydroxylation sites is 1. The molecule has 1 aliphatic carbocycles. The van der Waals surface area contributed by atoms with Gasteiger partial charge in [-0.15, -0.1) is 0 Å². The van der Waals surface area contributed by atoms with Crippen molar-refractivity contribution in [1.29, 1.82) is 0 Å². The summed E-state index contributed by atoms with van der Waals surface area (Å²) in [5.41, 5.74) is 0.433. The van der Waals surface area contributed by atoms with Crippen LogP contribution in [0.3, 0.4) is 0 Å². The van der Waals surface area contributed by atoms with Crippen molar-refractivity contribution in [1.82, 2.24) is 19.4 Å². The number of amides is 2. The summed E-state index contributed by atoms with van der Waals surface area (Å²) >= 11 is 0. The van der Waals surface area contributed by atoms with E-state index in [1.54, 1.807) is 35.0 Å². The summed E-state index contributed by atoms with van der Waals surface area (Å²) in [4.78, 5) is 45.1. The van der Waals surface area contributed by atoms with Crippen molar-refractivity contribution >= 4 is 22.7 Å². The molecule has 4 rings (SSSR count). The first-order valence-corrected chi connectivity index (χ1v) is 9.38. The maximum Gasteiger partial charge on any atom is 0.261 e. The number of carbonyl (C=O) groups excluding carboxylic acids is 2. The van der Waals surface area contributed by atoms with Crippen LogP contribution in [-0.4, -0.2) is 57.8 Å². The largest absolute Gasteiger partial charge is 0.345 e. The first-order chi connectivity index (χ1) is 12.9. The second-order valence-electron chi connectivity index (χ2n) is 7.82. The van der Waals surface area contributed by atoms with Gasteiger partial charge in [-0.2, -0.15) is 0 Å². The van der Waals surface area contributed by atoms with E-state index in [0.717, 1.165) is 19.4 Å². The Balaban J connectivity index is 1.47. The smallest absolute Gasteiger partial charge is 0.261 e. The predicted octanol–water partition coefficient (Wildman–Crippen LogP) is 1.11. The molecule has 7 heteroatoms. The van der Waals surface area contributed by atoms with Crippen LogP contribution < -0.4 is 5.56 Å². The zero-order valence-electron chi connectivity index (χ0n) is 15.7. The van der Waals surface area contributed by atoms with Gasteiger partial charge in [0.05, 0.1) is 17.2 Å². The molecule has 0 N–H and O–H groups in total. The standard InChI is InChI=1S/C20H24N4O3/c1-22-10-14-8-15(7-13(14)9-18(22)25)23(2)19(26)11-24-12-21-17-6-4-3-5-16(17)20(24)27/h3-6,12-15H,7-11H2,1-2H3/t13-,14+,15-/m1/s1. The van der Waals surface area contributed by atoms with Crippen LogP contribution in [0, 0.1) is 11.8 Å². The fraction of sp³-hybridized carbons (Fsp3) is 0.500. The number of likely N-dealkylation sites (tertiary alicyclic amines) is 1. The van der Waals surface area contributed by atoms with Crippen molar-refractivity contribution in [2.45, 2.75) is 31.8 Å². The van der Waals surface area contributed by atoms with E-state index >= 15 is 0 Å². The Labute approximate surface area is 157 Å². The Morgan fingerprint density at radius 2 is 1.96 bits per heavy atom. The average molecular weight is 368 g/mol. The molecule has 0 radical (unpaired) electrons. The molecule has 1 saturated heterocycles. The molecule has 2 heterocycles. The van der Waals surface area contributed by atoms with Crippen LogP contribution in [-0.2, 0) is 16.1 Å². The third-order valence-corrected chi connectivity index (χ3v) is 6.17. The van der Waals surface area contributed by atoms with Crippen molar-refractivity contribution in [3.63, 3.8) is 0 Å². The van der Waals surface area contributed by atoms with Gasteiger partial charge in [0.2, 0.25) is 11.8 Å². The third kappa shape index (κ3) is 3.22. The summed E-state index contributed by atoms with van der Waals surface area (Å²) in [6, 6.07) is 7.26. The number of aromatic nitrogens is 2. The average Bonchev–Trinajstić information content (AvgIpc) is 3.06. The minimum absolute atomic E-state index is 0.0160. The first kappa shape index (κ1) is 17.7. The first-order valence-electron chi connectivity index (χ1n) is 9.38. The lowest BCUT2D eigenvalue weighted by atomic mass is 9.88. The zero-order valence-corrected chi connectivity index (χ0v) is 15.7. The van der Waals surface area contributed by atoms with Gasteiger partial charge in [-0.1, -0.05) is 12.1 Å². The molecule has 1 aliphatic heterocycles. The molecule has 0 unspecified atom stereocenters. The molecule has 2 amide bonds. The van der Waals surface area contributed by atoms with Crippen molar-refractivity contribution in [2.24, 2.45) is 11.8 Å². The van der Waals surface area contributed by atoms with Gasteiger partial charge in [-0.05, 0) is 36.8 Å². The Kier molecular flexibility index (Phi) is 4.45. The van der Waals surface area contributed by atoms with Crippen molar-refractivity contribution in [3.8, 4) is 0 Å². The van der Waals surface area contributed by atoms with Crippen LogP contribution >= 0.6 is 0 Å². The molecule has 1 aromatic carbocycles. The molecule has 1 aromatic heterocycles. The highest BCUT2D eigenvalue weighted by molar-refractivity contribution is 5.79. The molecule has 2 aliphatic rings. The second kappa shape index (κ2) is 6.79. The summed E-state index contributed by atoms with van der Waals surface area (Å²) in [5, 5.41) is 0.517. The van der Waals surface area contributed by atoms with Gasteiger partial charge in [0.15, 0.2) is 0 Å². The number of fused-ring (bicyclic) bond motifs is 2. The van der Waals surface area contributed by atoms with E-state index in [0.29, 0.717) is 29.2 Å². The van der Waals surface area contributed by atoms with Crippen LogP contribution in [0.4, 0.5) is 0 Å². The molecule has 2 aromatic rings. The number of piperidine rings is 1. The molecule has 1 saturated carbocycles. The molecule has 27 heavy (non-hydrogen) atoms. The van der Waals surface area contributed by atoms with E-state index in [1.807, 2.05) is 13.1 Å². The van der Waals surface area contributed by atoms with E-state index in [-0.39, 0.29) is 30.0 Å². The van der Waals surface area contributed by atoms with Crippen LogP contribution in [0.5, 0.6) is 0 Å². The van der Waals surface area contributed by atoms with Gasteiger partial charge in [-0.25, -0.2) is 4.98 Å². The molecule has 3 atom stereocenters.